The number of nitrogens with zero attached hydrogens (tertiary/aromatic N) is 3. The number of nitrogens with one attached hydrogen (secondary N) is 1. The lowest BCUT2D eigenvalue weighted by molar-refractivity contribution is 0.444. The van der Waals surface area contributed by atoms with Gasteiger partial charge in [-0.05, 0) is 30.2 Å². The first-order chi connectivity index (χ1) is 12.0. The molecule has 0 aliphatic carbocycles. The number of halogens is 1. The Morgan fingerprint density at radius 3 is 2.44 bits per heavy atom. The van der Waals surface area contributed by atoms with Gasteiger partial charge in [0.05, 0.1) is 29.9 Å². The van der Waals surface area contributed by atoms with Crippen LogP contribution in [0.25, 0.3) is 0 Å². The van der Waals surface area contributed by atoms with Gasteiger partial charge in [0.15, 0.2) is 0 Å². The second kappa shape index (κ2) is 7.35. The summed E-state index contributed by atoms with van der Waals surface area (Å²) in [6.07, 6.45) is 3.11. The molecule has 0 aliphatic heterocycles. The maximum atomic E-state index is 12.9. The molecular formula is C17H17ClN4O2S. The zero-order valence-electron chi connectivity index (χ0n) is 13.5. The number of rotatable bonds is 6. The minimum absolute atomic E-state index is 0.161. The van der Waals surface area contributed by atoms with E-state index in [1.165, 1.54) is 10.9 Å². The minimum Gasteiger partial charge on any atom is -0.207 e. The van der Waals surface area contributed by atoms with Gasteiger partial charge < -0.3 is 0 Å². The smallest absolute Gasteiger partial charge is 0.207 e. The lowest BCUT2D eigenvalue weighted by atomic mass is 10.1. The second-order valence-corrected chi connectivity index (χ2v) is 7.62. The normalized spacial score (nSPS) is 12.9. The highest BCUT2D eigenvalue weighted by atomic mass is 35.5. The number of benzene rings is 2. The molecule has 0 unspecified atom stereocenters. The molecule has 0 bridgehead atoms. The van der Waals surface area contributed by atoms with Crippen molar-refractivity contribution >= 4 is 21.6 Å². The third-order valence-corrected chi connectivity index (χ3v) is 5.84. The van der Waals surface area contributed by atoms with Crippen LogP contribution in [-0.4, -0.2) is 23.4 Å². The van der Waals surface area contributed by atoms with E-state index in [2.05, 4.69) is 14.9 Å². The summed E-state index contributed by atoms with van der Waals surface area (Å²) in [4.78, 5) is 1.61. The summed E-state index contributed by atoms with van der Waals surface area (Å²) in [5.41, 5.74) is 1.34. The molecule has 3 rings (SSSR count). The van der Waals surface area contributed by atoms with Crippen molar-refractivity contribution in [1.29, 1.82) is 0 Å². The van der Waals surface area contributed by atoms with Gasteiger partial charge in [0, 0.05) is 5.02 Å². The minimum atomic E-state index is -3.77. The molecule has 0 amide bonds. The molecule has 2 aromatic carbocycles. The summed E-state index contributed by atoms with van der Waals surface area (Å²) in [5, 5.41) is 8.54. The molecule has 3 aromatic rings. The fraction of sp³-hybridized carbons (Fsp3) is 0.176. The predicted molar refractivity (Wildman–Crippen MR) is 95.7 cm³/mol. The number of hydrogen-bond acceptors (Lipinski definition) is 4. The number of sulfonamides is 1. The van der Waals surface area contributed by atoms with Crippen molar-refractivity contribution in [3.05, 3.63) is 77.1 Å². The van der Waals surface area contributed by atoms with Gasteiger partial charge in [-0.15, -0.1) is 0 Å². The van der Waals surface area contributed by atoms with E-state index in [0.717, 1.165) is 5.56 Å². The Bertz CT molecular complexity index is 944. The van der Waals surface area contributed by atoms with Crippen LogP contribution < -0.4 is 4.72 Å². The Kier molecular flexibility index (Phi) is 5.17. The predicted octanol–water partition coefficient (Wildman–Crippen LogP) is 2.96. The fourth-order valence-electron chi connectivity index (χ4n) is 2.53. The van der Waals surface area contributed by atoms with E-state index >= 15 is 0 Å². The molecule has 1 atom stereocenters. The molecule has 0 aliphatic rings. The van der Waals surface area contributed by atoms with Crippen LogP contribution in [0.1, 0.15) is 17.2 Å². The van der Waals surface area contributed by atoms with E-state index < -0.39 is 16.1 Å². The molecule has 8 heteroatoms. The number of aromatic nitrogens is 3. The van der Waals surface area contributed by atoms with Crippen LogP contribution in [0.5, 0.6) is 0 Å². The van der Waals surface area contributed by atoms with Crippen LogP contribution in [-0.2, 0) is 16.6 Å². The van der Waals surface area contributed by atoms with Crippen molar-refractivity contribution in [3.8, 4) is 0 Å². The molecule has 0 saturated carbocycles. The second-order valence-electron chi connectivity index (χ2n) is 5.53. The molecule has 25 heavy (non-hydrogen) atoms. The van der Waals surface area contributed by atoms with E-state index in [1.807, 2.05) is 30.3 Å². The first-order valence-electron chi connectivity index (χ1n) is 7.64. The van der Waals surface area contributed by atoms with E-state index in [0.29, 0.717) is 10.6 Å². The molecule has 6 nitrogen and oxygen atoms in total. The van der Waals surface area contributed by atoms with Gasteiger partial charge in [0.2, 0.25) is 10.0 Å². The molecule has 1 aromatic heterocycles. The highest BCUT2D eigenvalue weighted by molar-refractivity contribution is 7.89. The molecule has 1 heterocycles. The van der Waals surface area contributed by atoms with Crippen molar-refractivity contribution in [3.63, 3.8) is 0 Å². The van der Waals surface area contributed by atoms with Gasteiger partial charge in [-0.1, -0.05) is 48.0 Å². The average Bonchev–Trinajstić information content (AvgIpc) is 3.10. The van der Waals surface area contributed by atoms with Crippen LogP contribution in [0.15, 0.2) is 65.8 Å². The van der Waals surface area contributed by atoms with Crippen LogP contribution in [0, 0.1) is 6.92 Å². The van der Waals surface area contributed by atoms with Crippen LogP contribution >= 0.6 is 11.6 Å². The molecule has 1 N–H and O–H groups in total. The lowest BCUT2D eigenvalue weighted by Gasteiger charge is -2.19. The summed E-state index contributed by atoms with van der Waals surface area (Å²) >= 11 is 6.07. The summed E-state index contributed by atoms with van der Waals surface area (Å²) in [7, 11) is -3.77. The van der Waals surface area contributed by atoms with E-state index in [9.17, 15) is 8.42 Å². The van der Waals surface area contributed by atoms with E-state index in [4.69, 9.17) is 11.6 Å². The SMILES string of the molecule is Cc1c(Cl)cccc1S(=O)(=O)N[C@@H](Cn1nccn1)c1ccccc1. The zero-order valence-corrected chi connectivity index (χ0v) is 15.1. The maximum absolute atomic E-state index is 12.9. The highest BCUT2D eigenvalue weighted by Crippen LogP contribution is 2.25. The summed E-state index contributed by atoms with van der Waals surface area (Å²) < 4.78 is 28.5. The molecule has 0 fully saturated rings. The van der Waals surface area contributed by atoms with Gasteiger partial charge in [-0.25, -0.2) is 13.1 Å². The molecule has 0 radical (unpaired) electrons. The Labute approximate surface area is 151 Å². The number of hydrogen-bond donors (Lipinski definition) is 1. The summed E-state index contributed by atoms with van der Waals surface area (Å²) in [5.74, 6) is 0. The van der Waals surface area contributed by atoms with Crippen LogP contribution in [0.4, 0.5) is 0 Å². The third kappa shape index (κ3) is 4.07. The van der Waals surface area contributed by atoms with Crippen molar-refractivity contribution < 1.29 is 8.42 Å². The van der Waals surface area contributed by atoms with Gasteiger partial charge in [0.1, 0.15) is 0 Å². The summed E-state index contributed by atoms with van der Waals surface area (Å²) in [6.45, 7) is 1.96. The summed E-state index contributed by atoms with van der Waals surface area (Å²) in [6, 6.07) is 13.6. The van der Waals surface area contributed by atoms with Gasteiger partial charge in [-0.2, -0.15) is 15.0 Å². The van der Waals surface area contributed by atoms with E-state index in [1.54, 1.807) is 31.5 Å². The highest BCUT2D eigenvalue weighted by Gasteiger charge is 2.24. The zero-order chi connectivity index (χ0) is 17.9. The van der Waals surface area contributed by atoms with E-state index in [-0.39, 0.29) is 11.4 Å². The topological polar surface area (TPSA) is 76.9 Å². The van der Waals surface area contributed by atoms with Crippen molar-refractivity contribution in [2.45, 2.75) is 24.4 Å². The van der Waals surface area contributed by atoms with Gasteiger partial charge in [0.25, 0.3) is 0 Å². The molecular weight excluding hydrogens is 360 g/mol. The largest absolute Gasteiger partial charge is 0.241 e. The molecule has 130 valence electrons. The maximum Gasteiger partial charge on any atom is 0.241 e. The third-order valence-electron chi connectivity index (χ3n) is 3.82. The lowest BCUT2D eigenvalue weighted by Crippen LogP contribution is -2.32. The Hall–Kier alpha value is -2.22. The molecule has 0 saturated heterocycles. The average molecular weight is 377 g/mol. The Morgan fingerprint density at radius 2 is 1.76 bits per heavy atom. The first kappa shape index (κ1) is 17.6. The standard InChI is InChI=1S/C17H17ClN4O2S/c1-13-15(18)8-5-9-17(13)25(23,24)21-16(12-22-19-10-11-20-22)14-6-3-2-4-7-14/h2-11,16,21H,12H2,1H3/t16-/m0/s1. The fourth-order valence-corrected chi connectivity index (χ4v) is 4.24. The van der Waals surface area contributed by atoms with Crippen molar-refractivity contribution in [2.75, 3.05) is 0 Å². The molecule has 0 spiro atoms. The van der Waals surface area contributed by atoms with Crippen molar-refractivity contribution in [2.24, 2.45) is 0 Å². The van der Waals surface area contributed by atoms with Crippen LogP contribution in [0.2, 0.25) is 5.02 Å². The monoisotopic (exact) mass is 376 g/mol. The Balaban J connectivity index is 1.95. The van der Waals surface area contributed by atoms with Crippen molar-refractivity contribution in [1.82, 2.24) is 19.7 Å². The Morgan fingerprint density at radius 1 is 1.08 bits per heavy atom. The van der Waals surface area contributed by atoms with Gasteiger partial charge in [-0.3, -0.25) is 0 Å². The van der Waals surface area contributed by atoms with Gasteiger partial charge >= 0.3 is 0 Å². The first-order valence-corrected chi connectivity index (χ1v) is 9.50. The quantitative estimate of drug-likeness (QED) is 0.717. The van der Waals surface area contributed by atoms with Crippen LogP contribution in [0.3, 0.4) is 0 Å².